The Morgan fingerprint density at radius 2 is 2.06 bits per heavy atom. The topological polar surface area (TPSA) is 55.1 Å². The van der Waals surface area contributed by atoms with Crippen LogP contribution in [0, 0.1) is 0 Å². The molecule has 3 rings (SSSR count). The Hall–Kier alpha value is -2.03. The van der Waals surface area contributed by atoms with E-state index in [0.717, 1.165) is 18.5 Å². The summed E-state index contributed by atoms with van der Waals surface area (Å²) in [5.74, 6) is -0.274. The van der Waals surface area contributed by atoms with Crippen molar-refractivity contribution in [2.24, 2.45) is 5.73 Å². The molecule has 0 aromatic heterocycles. The molecule has 0 saturated carbocycles. The molecular formula is C14H14N2O. The third-order valence-electron chi connectivity index (χ3n) is 3.40. The summed E-state index contributed by atoms with van der Waals surface area (Å²) in [6, 6.07) is 12.2. The fourth-order valence-corrected chi connectivity index (χ4v) is 2.50. The number of amides is 1. The van der Waals surface area contributed by atoms with Gasteiger partial charge in [0, 0.05) is 5.69 Å². The zero-order valence-corrected chi connectivity index (χ0v) is 9.44. The first-order valence-electron chi connectivity index (χ1n) is 5.82. The zero-order valence-electron chi connectivity index (χ0n) is 9.44. The normalized spacial score (nSPS) is 18.5. The Bertz CT molecular complexity index is 592. The van der Waals surface area contributed by atoms with Crippen LogP contribution in [0.25, 0.3) is 10.8 Å². The second kappa shape index (κ2) is 3.77. The van der Waals surface area contributed by atoms with E-state index in [4.69, 9.17) is 5.73 Å². The second-order valence-corrected chi connectivity index (χ2v) is 4.45. The van der Waals surface area contributed by atoms with Crippen LogP contribution in [0.3, 0.4) is 0 Å². The maximum atomic E-state index is 11.2. The van der Waals surface area contributed by atoms with E-state index in [0.29, 0.717) is 0 Å². The van der Waals surface area contributed by atoms with Crippen molar-refractivity contribution in [1.29, 1.82) is 0 Å². The number of rotatable bonds is 1. The molecular weight excluding hydrogens is 212 g/mol. The second-order valence-electron chi connectivity index (χ2n) is 4.45. The molecule has 0 bridgehead atoms. The molecule has 1 atom stereocenters. The fourth-order valence-electron chi connectivity index (χ4n) is 2.50. The highest BCUT2D eigenvalue weighted by Gasteiger charge is 2.22. The third kappa shape index (κ3) is 1.64. The maximum absolute atomic E-state index is 11.2. The number of benzene rings is 2. The van der Waals surface area contributed by atoms with Crippen molar-refractivity contribution in [3.05, 3.63) is 42.0 Å². The zero-order chi connectivity index (χ0) is 11.8. The van der Waals surface area contributed by atoms with Crippen LogP contribution in [0.15, 0.2) is 36.4 Å². The van der Waals surface area contributed by atoms with Crippen LogP contribution in [-0.4, -0.2) is 11.9 Å². The monoisotopic (exact) mass is 226 g/mol. The lowest BCUT2D eigenvalue weighted by Gasteiger charge is -2.25. The smallest absolute Gasteiger partial charge is 0.239 e. The molecule has 0 fully saturated rings. The van der Waals surface area contributed by atoms with Crippen molar-refractivity contribution in [3.63, 3.8) is 0 Å². The number of anilines is 1. The van der Waals surface area contributed by atoms with Gasteiger partial charge in [-0.1, -0.05) is 30.3 Å². The van der Waals surface area contributed by atoms with Gasteiger partial charge in [0.2, 0.25) is 5.91 Å². The highest BCUT2D eigenvalue weighted by atomic mass is 16.1. The van der Waals surface area contributed by atoms with Crippen LogP contribution in [0.5, 0.6) is 0 Å². The molecule has 3 nitrogen and oxygen atoms in total. The van der Waals surface area contributed by atoms with Gasteiger partial charge in [-0.25, -0.2) is 0 Å². The minimum atomic E-state index is -0.274. The van der Waals surface area contributed by atoms with E-state index >= 15 is 0 Å². The van der Waals surface area contributed by atoms with E-state index in [1.54, 1.807) is 0 Å². The molecule has 0 saturated heterocycles. The Labute approximate surface area is 99.6 Å². The molecule has 1 aliphatic rings. The molecule has 3 heteroatoms. The number of aryl methyl sites for hydroxylation is 1. The van der Waals surface area contributed by atoms with Crippen LogP contribution in [0.4, 0.5) is 5.69 Å². The SMILES string of the molecule is NC(=O)C1CCc2c(ccc3ccccc23)N1. The van der Waals surface area contributed by atoms with Gasteiger partial charge < -0.3 is 11.1 Å². The van der Waals surface area contributed by atoms with E-state index in [1.807, 2.05) is 18.2 Å². The molecule has 2 aromatic rings. The minimum Gasteiger partial charge on any atom is -0.373 e. The van der Waals surface area contributed by atoms with Crippen molar-refractivity contribution in [2.75, 3.05) is 5.32 Å². The summed E-state index contributed by atoms with van der Waals surface area (Å²) in [5, 5.41) is 5.72. The maximum Gasteiger partial charge on any atom is 0.239 e. The van der Waals surface area contributed by atoms with Gasteiger partial charge in [-0.3, -0.25) is 4.79 Å². The quantitative estimate of drug-likeness (QED) is 0.782. The lowest BCUT2D eigenvalue weighted by molar-refractivity contribution is -0.118. The number of hydrogen-bond acceptors (Lipinski definition) is 2. The van der Waals surface area contributed by atoms with Gasteiger partial charge in [-0.05, 0) is 35.2 Å². The number of hydrogen-bond donors (Lipinski definition) is 2. The molecule has 1 amide bonds. The van der Waals surface area contributed by atoms with Crippen molar-refractivity contribution in [2.45, 2.75) is 18.9 Å². The summed E-state index contributed by atoms with van der Waals surface area (Å²) in [6.45, 7) is 0. The average molecular weight is 226 g/mol. The van der Waals surface area contributed by atoms with Crippen molar-refractivity contribution in [3.8, 4) is 0 Å². The van der Waals surface area contributed by atoms with Gasteiger partial charge in [-0.2, -0.15) is 0 Å². The average Bonchev–Trinajstić information content (AvgIpc) is 2.38. The van der Waals surface area contributed by atoms with E-state index in [9.17, 15) is 4.79 Å². The lowest BCUT2D eigenvalue weighted by atomic mass is 9.93. The Kier molecular flexibility index (Phi) is 2.25. The van der Waals surface area contributed by atoms with Crippen molar-refractivity contribution < 1.29 is 4.79 Å². The number of carbonyl (C=O) groups is 1. The lowest BCUT2D eigenvalue weighted by Crippen LogP contribution is -2.38. The number of carbonyl (C=O) groups excluding carboxylic acids is 1. The summed E-state index contributed by atoms with van der Waals surface area (Å²) < 4.78 is 0. The van der Waals surface area contributed by atoms with Crippen LogP contribution in [0.1, 0.15) is 12.0 Å². The van der Waals surface area contributed by atoms with Gasteiger partial charge in [-0.15, -0.1) is 0 Å². The summed E-state index contributed by atoms with van der Waals surface area (Å²) in [7, 11) is 0. The molecule has 2 aromatic carbocycles. The van der Waals surface area contributed by atoms with E-state index in [1.165, 1.54) is 16.3 Å². The van der Waals surface area contributed by atoms with Gasteiger partial charge in [0.25, 0.3) is 0 Å². The predicted molar refractivity (Wildman–Crippen MR) is 68.9 cm³/mol. The van der Waals surface area contributed by atoms with Gasteiger partial charge in [0.15, 0.2) is 0 Å². The minimum absolute atomic E-state index is 0.233. The predicted octanol–water partition coefficient (Wildman–Crippen LogP) is 2.05. The molecule has 0 aliphatic carbocycles. The van der Waals surface area contributed by atoms with E-state index in [2.05, 4.69) is 23.5 Å². The fraction of sp³-hybridized carbons (Fsp3) is 0.214. The van der Waals surface area contributed by atoms with Crippen LogP contribution >= 0.6 is 0 Å². The van der Waals surface area contributed by atoms with Gasteiger partial charge >= 0.3 is 0 Å². The molecule has 86 valence electrons. The summed E-state index contributed by atoms with van der Waals surface area (Å²) in [4.78, 5) is 11.2. The molecule has 1 heterocycles. The molecule has 1 unspecified atom stereocenters. The molecule has 1 aliphatic heterocycles. The largest absolute Gasteiger partial charge is 0.373 e. The number of nitrogens with two attached hydrogens (primary N) is 1. The molecule has 3 N–H and O–H groups in total. The summed E-state index contributed by atoms with van der Waals surface area (Å²) in [6.07, 6.45) is 1.67. The highest BCUT2D eigenvalue weighted by Crippen LogP contribution is 2.31. The van der Waals surface area contributed by atoms with Crippen molar-refractivity contribution in [1.82, 2.24) is 0 Å². The molecule has 0 spiro atoms. The number of nitrogens with one attached hydrogen (secondary N) is 1. The van der Waals surface area contributed by atoms with Crippen LogP contribution in [-0.2, 0) is 11.2 Å². The third-order valence-corrected chi connectivity index (χ3v) is 3.40. The van der Waals surface area contributed by atoms with Crippen molar-refractivity contribution >= 4 is 22.4 Å². The van der Waals surface area contributed by atoms with Gasteiger partial charge in [0.05, 0.1) is 0 Å². The number of primary amides is 1. The first-order chi connectivity index (χ1) is 8.25. The van der Waals surface area contributed by atoms with Gasteiger partial charge in [0.1, 0.15) is 6.04 Å². The van der Waals surface area contributed by atoms with E-state index < -0.39 is 0 Å². The summed E-state index contributed by atoms with van der Waals surface area (Å²) in [5.41, 5.74) is 7.67. The van der Waals surface area contributed by atoms with E-state index in [-0.39, 0.29) is 11.9 Å². The molecule has 0 radical (unpaired) electrons. The standard InChI is InChI=1S/C14H14N2O/c15-14(17)13-8-6-11-10-4-2-1-3-9(10)5-7-12(11)16-13/h1-5,7,13,16H,6,8H2,(H2,15,17). The first kappa shape index (κ1) is 10.1. The number of fused-ring (bicyclic) bond motifs is 3. The summed E-state index contributed by atoms with van der Waals surface area (Å²) >= 11 is 0. The first-order valence-corrected chi connectivity index (χ1v) is 5.82. The molecule has 17 heavy (non-hydrogen) atoms. The Morgan fingerprint density at radius 3 is 2.88 bits per heavy atom. The Balaban J connectivity index is 2.11. The Morgan fingerprint density at radius 1 is 1.24 bits per heavy atom. The van der Waals surface area contributed by atoms with Crippen LogP contribution < -0.4 is 11.1 Å². The highest BCUT2D eigenvalue weighted by molar-refractivity contribution is 5.92. The van der Waals surface area contributed by atoms with Crippen LogP contribution in [0.2, 0.25) is 0 Å².